The Morgan fingerprint density at radius 1 is 1.06 bits per heavy atom. The molecule has 5 heterocycles. The van der Waals surface area contributed by atoms with Gasteiger partial charge in [-0.25, -0.2) is 4.98 Å². The summed E-state index contributed by atoms with van der Waals surface area (Å²) >= 11 is 3.20. The number of ether oxygens (including phenoxy) is 1. The maximum atomic E-state index is 12.8. The van der Waals surface area contributed by atoms with E-state index in [2.05, 4.69) is 39.0 Å². The number of nitrogens with one attached hydrogen (secondary N) is 1. The first-order valence-corrected chi connectivity index (χ1v) is 12.7. The Balaban J connectivity index is 1.10. The molecule has 0 aliphatic carbocycles. The van der Waals surface area contributed by atoms with E-state index in [1.807, 2.05) is 16.8 Å². The summed E-state index contributed by atoms with van der Waals surface area (Å²) in [5.41, 5.74) is 3.65. The van der Waals surface area contributed by atoms with Crippen LogP contribution in [0.2, 0.25) is 0 Å². The zero-order valence-corrected chi connectivity index (χ0v) is 19.3. The second-order valence-corrected chi connectivity index (χ2v) is 10.2. The van der Waals surface area contributed by atoms with Gasteiger partial charge < -0.3 is 9.72 Å². The van der Waals surface area contributed by atoms with Crippen LogP contribution in [0.3, 0.4) is 0 Å². The Labute approximate surface area is 194 Å². The van der Waals surface area contributed by atoms with Crippen molar-refractivity contribution in [3.05, 3.63) is 68.4 Å². The number of nitrogens with zero attached hydrogens (tertiary/aromatic N) is 3. The molecule has 6 nitrogen and oxygen atoms in total. The zero-order valence-electron chi connectivity index (χ0n) is 17.7. The maximum Gasteiger partial charge on any atom is 0.260 e. The smallest absolute Gasteiger partial charge is 0.260 e. The summed E-state index contributed by atoms with van der Waals surface area (Å²) < 4.78 is 5.62. The lowest BCUT2D eigenvalue weighted by Crippen LogP contribution is -2.45. The van der Waals surface area contributed by atoms with Gasteiger partial charge in [-0.3, -0.25) is 14.6 Å². The predicted octanol–water partition coefficient (Wildman–Crippen LogP) is 3.97. The van der Waals surface area contributed by atoms with E-state index in [1.165, 1.54) is 11.1 Å². The maximum absolute atomic E-state index is 12.8. The lowest BCUT2D eigenvalue weighted by Gasteiger charge is -2.34. The van der Waals surface area contributed by atoms with Gasteiger partial charge in [0.2, 0.25) is 0 Å². The van der Waals surface area contributed by atoms with Gasteiger partial charge in [0.25, 0.3) is 5.56 Å². The molecule has 0 spiro atoms. The highest BCUT2D eigenvalue weighted by atomic mass is 32.1. The molecule has 0 bridgehead atoms. The topological polar surface area (TPSA) is 61.5 Å². The van der Waals surface area contributed by atoms with E-state index in [9.17, 15) is 4.79 Å². The van der Waals surface area contributed by atoms with Crippen LogP contribution in [0.5, 0.6) is 5.75 Å². The Hall–Kier alpha value is -2.52. The predicted molar refractivity (Wildman–Crippen MR) is 130 cm³/mol. The first kappa shape index (κ1) is 20.1. The van der Waals surface area contributed by atoms with Crippen LogP contribution in [0, 0.1) is 0 Å². The summed E-state index contributed by atoms with van der Waals surface area (Å²) in [6.07, 6.45) is 1.02. The van der Waals surface area contributed by atoms with Crippen molar-refractivity contribution in [3.63, 3.8) is 0 Å². The molecule has 4 aromatic rings. The molecule has 1 N–H and O–H groups in total. The Kier molecular flexibility index (Phi) is 5.30. The summed E-state index contributed by atoms with van der Waals surface area (Å²) in [6, 6.07) is 10.7. The normalized spacial score (nSPS) is 17.0. The van der Waals surface area contributed by atoms with Crippen LogP contribution in [0.25, 0.3) is 20.7 Å². The monoisotopic (exact) mass is 464 g/mol. The van der Waals surface area contributed by atoms with Crippen molar-refractivity contribution in [1.29, 1.82) is 0 Å². The number of thiophene rings is 2. The van der Waals surface area contributed by atoms with E-state index in [1.54, 1.807) is 22.7 Å². The minimum absolute atomic E-state index is 0.0334. The highest BCUT2D eigenvalue weighted by Crippen LogP contribution is 2.33. The fraction of sp³-hybridized carbons (Fsp3) is 0.333. The van der Waals surface area contributed by atoms with Crippen molar-refractivity contribution in [1.82, 2.24) is 19.8 Å². The van der Waals surface area contributed by atoms with Gasteiger partial charge in [0.05, 0.1) is 18.5 Å². The lowest BCUT2D eigenvalue weighted by molar-refractivity contribution is 0.120. The highest BCUT2D eigenvalue weighted by molar-refractivity contribution is 7.18. The van der Waals surface area contributed by atoms with Crippen LogP contribution >= 0.6 is 22.7 Å². The van der Waals surface area contributed by atoms with Gasteiger partial charge in [0.15, 0.2) is 0 Å². The molecule has 0 atom stereocenters. The Morgan fingerprint density at radius 3 is 2.72 bits per heavy atom. The molecule has 3 aromatic heterocycles. The number of hydrogen-bond acceptors (Lipinski definition) is 7. The van der Waals surface area contributed by atoms with Crippen molar-refractivity contribution in [2.24, 2.45) is 0 Å². The molecular formula is C24H24N4O2S2. The Bertz CT molecular complexity index is 1300. The molecule has 0 unspecified atom stereocenters. The number of piperazine rings is 1. The summed E-state index contributed by atoms with van der Waals surface area (Å²) in [5.74, 6) is 1.81. The van der Waals surface area contributed by atoms with Crippen LogP contribution in [0.15, 0.2) is 45.9 Å². The van der Waals surface area contributed by atoms with E-state index in [0.29, 0.717) is 11.9 Å². The molecule has 2 aliphatic rings. The minimum atomic E-state index is -0.0334. The molecule has 0 radical (unpaired) electrons. The molecule has 0 amide bonds. The molecule has 2 aliphatic heterocycles. The quantitative estimate of drug-likeness (QED) is 0.484. The first-order valence-electron chi connectivity index (χ1n) is 11.0. The van der Waals surface area contributed by atoms with Crippen molar-refractivity contribution in [2.75, 3.05) is 32.8 Å². The fourth-order valence-corrected chi connectivity index (χ4v) is 6.38. The van der Waals surface area contributed by atoms with Gasteiger partial charge >= 0.3 is 0 Å². The van der Waals surface area contributed by atoms with Gasteiger partial charge in [-0.1, -0.05) is 18.2 Å². The van der Waals surface area contributed by atoms with Gasteiger partial charge in [-0.15, -0.1) is 22.7 Å². The third-order valence-corrected chi connectivity index (χ3v) is 8.05. The molecule has 0 saturated carbocycles. The van der Waals surface area contributed by atoms with Crippen LogP contribution in [-0.4, -0.2) is 52.6 Å². The molecule has 1 fully saturated rings. The SMILES string of the molecule is O=c1[nH]c(CN2CCN(Cc3ccc4c(c3)CCO4)CC2)nc2scc(-c3cccs3)c12. The van der Waals surface area contributed by atoms with Gasteiger partial charge in [-0.2, -0.15) is 0 Å². The molecular weight excluding hydrogens is 440 g/mol. The van der Waals surface area contributed by atoms with Crippen molar-refractivity contribution >= 4 is 32.9 Å². The largest absolute Gasteiger partial charge is 0.493 e. The number of H-pyrrole nitrogens is 1. The van der Waals surface area contributed by atoms with Crippen molar-refractivity contribution < 1.29 is 4.74 Å². The number of benzene rings is 1. The molecule has 1 saturated heterocycles. The molecule has 164 valence electrons. The third kappa shape index (κ3) is 3.88. The van der Waals surface area contributed by atoms with Crippen LogP contribution in [-0.2, 0) is 19.5 Å². The first-order chi connectivity index (χ1) is 15.7. The highest BCUT2D eigenvalue weighted by Gasteiger charge is 2.20. The summed E-state index contributed by atoms with van der Waals surface area (Å²) in [5, 5.41) is 4.80. The number of fused-ring (bicyclic) bond motifs is 2. The van der Waals surface area contributed by atoms with Crippen LogP contribution in [0.1, 0.15) is 17.0 Å². The summed E-state index contributed by atoms with van der Waals surface area (Å²) in [4.78, 5) is 27.5. The fourth-order valence-electron chi connectivity index (χ4n) is 4.60. The average Bonchev–Trinajstić information content (AvgIpc) is 3.55. The van der Waals surface area contributed by atoms with Gasteiger partial charge in [-0.05, 0) is 28.6 Å². The summed E-state index contributed by atoms with van der Waals surface area (Å²) in [6.45, 7) is 6.44. The molecule has 6 rings (SSSR count). The number of aromatic nitrogens is 2. The third-order valence-electron chi connectivity index (χ3n) is 6.28. The van der Waals surface area contributed by atoms with E-state index in [4.69, 9.17) is 9.72 Å². The van der Waals surface area contributed by atoms with Gasteiger partial charge in [0, 0.05) is 55.0 Å². The second-order valence-electron chi connectivity index (χ2n) is 8.41. The van der Waals surface area contributed by atoms with Crippen molar-refractivity contribution in [2.45, 2.75) is 19.5 Å². The number of rotatable bonds is 5. The van der Waals surface area contributed by atoms with Gasteiger partial charge in [0.1, 0.15) is 16.4 Å². The van der Waals surface area contributed by atoms with Crippen molar-refractivity contribution in [3.8, 4) is 16.2 Å². The minimum Gasteiger partial charge on any atom is -0.493 e. The molecule has 1 aromatic carbocycles. The second kappa shape index (κ2) is 8.44. The molecule has 32 heavy (non-hydrogen) atoms. The van der Waals surface area contributed by atoms with E-state index in [-0.39, 0.29) is 5.56 Å². The number of hydrogen-bond donors (Lipinski definition) is 1. The Morgan fingerprint density at radius 2 is 1.91 bits per heavy atom. The molecule has 8 heteroatoms. The van der Waals surface area contributed by atoms with E-state index < -0.39 is 0 Å². The average molecular weight is 465 g/mol. The standard InChI is InChI=1S/C24H24N4O2S2/c29-23-22-18(20-2-1-11-31-20)15-32-24(22)26-21(25-23)14-28-8-6-27(7-9-28)13-16-3-4-19-17(12-16)5-10-30-19/h1-4,11-12,15H,5-10,13-14H2,(H,25,26,29). The summed E-state index contributed by atoms with van der Waals surface area (Å²) in [7, 11) is 0. The lowest BCUT2D eigenvalue weighted by atomic mass is 10.1. The van der Waals surface area contributed by atoms with E-state index >= 15 is 0 Å². The zero-order chi connectivity index (χ0) is 21.5. The van der Waals surface area contributed by atoms with E-state index in [0.717, 1.165) is 72.6 Å². The number of aromatic amines is 1. The van der Waals surface area contributed by atoms with Crippen LogP contribution < -0.4 is 10.3 Å². The van der Waals surface area contributed by atoms with Crippen LogP contribution in [0.4, 0.5) is 0 Å².